The average Bonchev–Trinajstić information content (AvgIpc) is 2.11. The predicted octanol–water partition coefficient (Wildman–Crippen LogP) is 2.80. The molecule has 0 rings (SSSR count). The summed E-state index contributed by atoms with van der Waals surface area (Å²) in [5.74, 6) is 0. The van der Waals surface area contributed by atoms with Gasteiger partial charge in [0, 0.05) is 0 Å². The van der Waals surface area contributed by atoms with Gasteiger partial charge in [0.25, 0.3) is 0 Å². The first kappa shape index (κ1) is 11.2. The van der Waals surface area contributed by atoms with Crippen LogP contribution in [-0.2, 0) is 0 Å². The minimum Gasteiger partial charge on any atom is -0.330 e. The number of rotatable bonds is 6. The van der Waals surface area contributed by atoms with Crippen LogP contribution in [0, 0.1) is 0 Å². The van der Waals surface area contributed by atoms with Gasteiger partial charge in [-0.15, -0.1) is 0 Å². The van der Waals surface area contributed by atoms with Gasteiger partial charge < -0.3 is 5.73 Å². The van der Waals surface area contributed by atoms with Crippen LogP contribution >= 0.6 is 0 Å². The molecule has 0 spiro atoms. The Hall–Kier alpha value is -0.820. The van der Waals surface area contributed by atoms with Crippen LogP contribution in [0.4, 0.5) is 0 Å². The van der Waals surface area contributed by atoms with Gasteiger partial charge in [0.1, 0.15) is 0 Å². The monoisotopic (exact) mass is 165 g/mol. The third kappa shape index (κ3) is 5.93. The third-order valence-electron chi connectivity index (χ3n) is 1.68. The molecule has 2 N–H and O–H groups in total. The van der Waals surface area contributed by atoms with Gasteiger partial charge in [-0.2, -0.15) is 0 Å². The van der Waals surface area contributed by atoms with Crippen LogP contribution in [0.1, 0.15) is 26.2 Å². The summed E-state index contributed by atoms with van der Waals surface area (Å²) in [4.78, 5) is 0. The average molecular weight is 165 g/mol. The van der Waals surface area contributed by atoms with Crippen molar-refractivity contribution in [1.82, 2.24) is 0 Å². The lowest BCUT2D eigenvalue weighted by Gasteiger charge is -1.98. The standard InChI is InChI=1S/C11H19N/c1-3-5-8-11(4-2)9-6-7-10-12/h3-5,8H,2,6-7,9-10,12H2,1H3/b5-3-,11-8+. The molecule has 0 aromatic rings. The molecule has 0 aromatic heterocycles. The van der Waals surface area contributed by atoms with Crippen molar-refractivity contribution in [2.24, 2.45) is 5.73 Å². The van der Waals surface area contributed by atoms with Gasteiger partial charge in [0.05, 0.1) is 0 Å². The Morgan fingerprint density at radius 3 is 2.67 bits per heavy atom. The van der Waals surface area contributed by atoms with E-state index in [-0.39, 0.29) is 0 Å². The van der Waals surface area contributed by atoms with Crippen molar-refractivity contribution in [3.8, 4) is 0 Å². The van der Waals surface area contributed by atoms with E-state index in [2.05, 4.69) is 12.7 Å². The van der Waals surface area contributed by atoms with Crippen LogP contribution < -0.4 is 5.73 Å². The van der Waals surface area contributed by atoms with Gasteiger partial charge in [-0.1, -0.05) is 30.9 Å². The summed E-state index contributed by atoms with van der Waals surface area (Å²) >= 11 is 0. The van der Waals surface area contributed by atoms with Crippen molar-refractivity contribution in [3.63, 3.8) is 0 Å². The normalized spacial score (nSPS) is 12.3. The molecule has 0 saturated heterocycles. The minimum atomic E-state index is 0.786. The third-order valence-corrected chi connectivity index (χ3v) is 1.68. The molecule has 1 heteroatoms. The second kappa shape index (κ2) is 8.28. The van der Waals surface area contributed by atoms with Gasteiger partial charge in [-0.05, 0) is 38.3 Å². The number of hydrogen-bond donors (Lipinski definition) is 1. The second-order valence-electron chi connectivity index (χ2n) is 2.72. The van der Waals surface area contributed by atoms with Gasteiger partial charge in [0.15, 0.2) is 0 Å². The number of nitrogens with two attached hydrogens (primary N) is 1. The Balaban J connectivity index is 3.74. The highest BCUT2D eigenvalue weighted by molar-refractivity contribution is 5.21. The van der Waals surface area contributed by atoms with Gasteiger partial charge >= 0.3 is 0 Å². The van der Waals surface area contributed by atoms with E-state index >= 15 is 0 Å². The highest BCUT2D eigenvalue weighted by Crippen LogP contribution is 2.07. The molecular formula is C11H19N. The lowest BCUT2D eigenvalue weighted by Crippen LogP contribution is -1.97. The molecule has 12 heavy (non-hydrogen) atoms. The van der Waals surface area contributed by atoms with Crippen LogP contribution in [0.3, 0.4) is 0 Å². The highest BCUT2D eigenvalue weighted by Gasteiger charge is 1.89. The molecule has 0 radical (unpaired) electrons. The lowest BCUT2D eigenvalue weighted by atomic mass is 10.1. The second-order valence-corrected chi connectivity index (χ2v) is 2.72. The Morgan fingerprint density at radius 2 is 2.17 bits per heavy atom. The molecule has 0 aromatic carbocycles. The van der Waals surface area contributed by atoms with Gasteiger partial charge in [-0.25, -0.2) is 0 Å². The van der Waals surface area contributed by atoms with Crippen molar-refractivity contribution in [2.75, 3.05) is 6.54 Å². The first-order valence-electron chi connectivity index (χ1n) is 4.49. The van der Waals surface area contributed by atoms with Crippen molar-refractivity contribution >= 4 is 0 Å². The predicted molar refractivity (Wildman–Crippen MR) is 56.0 cm³/mol. The van der Waals surface area contributed by atoms with E-state index in [1.165, 1.54) is 5.57 Å². The molecule has 0 heterocycles. The zero-order valence-electron chi connectivity index (χ0n) is 7.92. The maximum Gasteiger partial charge on any atom is -0.00772 e. The van der Waals surface area contributed by atoms with E-state index < -0.39 is 0 Å². The largest absolute Gasteiger partial charge is 0.330 e. The Kier molecular flexibility index (Phi) is 7.71. The van der Waals surface area contributed by atoms with E-state index in [0.29, 0.717) is 0 Å². The maximum atomic E-state index is 5.40. The fourth-order valence-corrected chi connectivity index (χ4v) is 0.947. The summed E-state index contributed by atoms with van der Waals surface area (Å²) in [6.07, 6.45) is 11.4. The van der Waals surface area contributed by atoms with Crippen molar-refractivity contribution < 1.29 is 0 Å². The summed E-state index contributed by atoms with van der Waals surface area (Å²) in [5.41, 5.74) is 6.69. The first-order chi connectivity index (χ1) is 5.85. The highest BCUT2D eigenvalue weighted by atomic mass is 14.5. The Bertz CT molecular complexity index is 166. The van der Waals surface area contributed by atoms with E-state index in [1.54, 1.807) is 0 Å². The van der Waals surface area contributed by atoms with Crippen molar-refractivity contribution in [2.45, 2.75) is 26.2 Å². The van der Waals surface area contributed by atoms with E-state index in [0.717, 1.165) is 25.8 Å². The van der Waals surface area contributed by atoms with Gasteiger partial charge in [0.2, 0.25) is 0 Å². The quantitative estimate of drug-likeness (QED) is 0.475. The summed E-state index contributed by atoms with van der Waals surface area (Å²) in [5, 5.41) is 0. The molecule has 0 saturated carbocycles. The molecule has 0 fully saturated rings. The Morgan fingerprint density at radius 1 is 1.42 bits per heavy atom. The molecule has 0 unspecified atom stereocenters. The SMILES string of the molecule is C=C/C(=C\C=C/C)CCCCN. The molecule has 0 aliphatic carbocycles. The molecule has 0 aliphatic heterocycles. The topological polar surface area (TPSA) is 26.0 Å². The van der Waals surface area contributed by atoms with Crippen LogP contribution in [0.25, 0.3) is 0 Å². The zero-order valence-corrected chi connectivity index (χ0v) is 7.92. The van der Waals surface area contributed by atoms with Crippen molar-refractivity contribution in [3.05, 3.63) is 36.5 Å². The number of allylic oxidation sites excluding steroid dienone is 5. The van der Waals surface area contributed by atoms with E-state index in [4.69, 9.17) is 5.73 Å². The zero-order chi connectivity index (χ0) is 9.23. The first-order valence-corrected chi connectivity index (χ1v) is 4.49. The fourth-order valence-electron chi connectivity index (χ4n) is 0.947. The number of hydrogen-bond acceptors (Lipinski definition) is 1. The fraction of sp³-hybridized carbons (Fsp3) is 0.455. The van der Waals surface area contributed by atoms with E-state index in [1.807, 2.05) is 25.2 Å². The molecule has 0 aliphatic rings. The van der Waals surface area contributed by atoms with E-state index in [9.17, 15) is 0 Å². The molecule has 0 amide bonds. The summed E-state index contributed by atoms with van der Waals surface area (Å²) in [6.45, 7) is 6.56. The van der Waals surface area contributed by atoms with Crippen LogP contribution in [0.15, 0.2) is 36.5 Å². The summed E-state index contributed by atoms with van der Waals surface area (Å²) in [7, 11) is 0. The number of unbranched alkanes of at least 4 members (excludes halogenated alkanes) is 1. The lowest BCUT2D eigenvalue weighted by molar-refractivity contribution is 0.747. The molecule has 0 bridgehead atoms. The Labute approximate surface area is 75.7 Å². The minimum absolute atomic E-state index is 0.786. The summed E-state index contributed by atoms with van der Waals surface area (Å²) in [6, 6.07) is 0. The molecular weight excluding hydrogens is 146 g/mol. The maximum absolute atomic E-state index is 5.40. The smallest absolute Gasteiger partial charge is 0.00772 e. The van der Waals surface area contributed by atoms with Crippen molar-refractivity contribution in [1.29, 1.82) is 0 Å². The molecule has 1 nitrogen and oxygen atoms in total. The van der Waals surface area contributed by atoms with Crippen LogP contribution in [0.2, 0.25) is 0 Å². The molecule has 68 valence electrons. The van der Waals surface area contributed by atoms with Crippen LogP contribution in [0.5, 0.6) is 0 Å². The molecule has 0 atom stereocenters. The van der Waals surface area contributed by atoms with Crippen LogP contribution in [-0.4, -0.2) is 6.54 Å². The van der Waals surface area contributed by atoms with Gasteiger partial charge in [-0.3, -0.25) is 0 Å². The summed E-state index contributed by atoms with van der Waals surface area (Å²) < 4.78 is 0.